The van der Waals surface area contributed by atoms with Crippen LogP contribution >= 0.6 is 0 Å². The Kier molecular flexibility index (Phi) is 4.95. The first-order valence-electron chi connectivity index (χ1n) is 8.13. The Morgan fingerprint density at radius 2 is 2.04 bits per heavy atom. The van der Waals surface area contributed by atoms with Crippen LogP contribution < -0.4 is 10.6 Å². The highest BCUT2D eigenvalue weighted by Crippen LogP contribution is 2.19. The number of aromatic nitrogens is 3. The van der Waals surface area contributed by atoms with Gasteiger partial charge < -0.3 is 15.7 Å². The monoisotopic (exact) mass is 339 g/mol. The second-order valence-corrected chi connectivity index (χ2v) is 6.08. The standard InChI is InChI=1S/C18H21N5O2/c1-12(2)23-18-14(10-21-23)6-13(9-20-18)8-19-15-4-3-5-16(7-15)22-17(25)11-24/h3-7,9-10,12,19,24H,8,11H2,1-2H3,(H,22,25). The van der Waals surface area contributed by atoms with Gasteiger partial charge in [-0.1, -0.05) is 6.07 Å². The molecule has 1 aromatic carbocycles. The average molecular weight is 339 g/mol. The van der Waals surface area contributed by atoms with Crippen LogP contribution in [0, 0.1) is 0 Å². The normalized spacial score (nSPS) is 11.0. The van der Waals surface area contributed by atoms with Crippen LogP contribution in [0.3, 0.4) is 0 Å². The van der Waals surface area contributed by atoms with Crippen molar-refractivity contribution in [3.63, 3.8) is 0 Å². The van der Waals surface area contributed by atoms with E-state index in [0.29, 0.717) is 12.2 Å². The van der Waals surface area contributed by atoms with Gasteiger partial charge >= 0.3 is 0 Å². The lowest BCUT2D eigenvalue weighted by atomic mass is 10.2. The number of aliphatic hydroxyl groups is 1. The van der Waals surface area contributed by atoms with Gasteiger partial charge in [-0.3, -0.25) is 4.79 Å². The maximum absolute atomic E-state index is 11.2. The predicted molar refractivity (Wildman–Crippen MR) is 97.4 cm³/mol. The smallest absolute Gasteiger partial charge is 0.250 e. The molecule has 0 saturated carbocycles. The lowest BCUT2D eigenvalue weighted by Crippen LogP contribution is -2.15. The molecule has 7 nitrogen and oxygen atoms in total. The maximum Gasteiger partial charge on any atom is 0.250 e. The molecule has 0 radical (unpaired) electrons. The average Bonchev–Trinajstić information content (AvgIpc) is 3.03. The molecule has 130 valence electrons. The number of benzene rings is 1. The molecule has 3 N–H and O–H groups in total. The third-order valence-corrected chi connectivity index (χ3v) is 3.77. The van der Waals surface area contributed by atoms with Gasteiger partial charge in [0.05, 0.1) is 6.20 Å². The quantitative estimate of drug-likeness (QED) is 0.642. The number of carbonyl (C=O) groups is 1. The van der Waals surface area contributed by atoms with Crippen molar-refractivity contribution in [2.45, 2.75) is 26.4 Å². The number of pyridine rings is 1. The van der Waals surface area contributed by atoms with E-state index in [0.717, 1.165) is 22.3 Å². The summed E-state index contributed by atoms with van der Waals surface area (Å²) in [6.45, 7) is 4.22. The van der Waals surface area contributed by atoms with Crippen molar-refractivity contribution >= 4 is 28.3 Å². The van der Waals surface area contributed by atoms with Gasteiger partial charge in [-0.2, -0.15) is 5.10 Å². The second-order valence-electron chi connectivity index (χ2n) is 6.08. The van der Waals surface area contributed by atoms with Crippen LogP contribution in [0.5, 0.6) is 0 Å². The van der Waals surface area contributed by atoms with Crippen molar-refractivity contribution in [3.05, 3.63) is 48.3 Å². The van der Waals surface area contributed by atoms with E-state index in [4.69, 9.17) is 5.11 Å². The molecule has 2 heterocycles. The molecule has 0 saturated heterocycles. The van der Waals surface area contributed by atoms with Crippen LogP contribution in [0.1, 0.15) is 25.5 Å². The molecule has 0 fully saturated rings. The first-order valence-corrected chi connectivity index (χ1v) is 8.13. The van der Waals surface area contributed by atoms with Crippen molar-refractivity contribution in [1.29, 1.82) is 0 Å². The summed E-state index contributed by atoms with van der Waals surface area (Å²) < 4.78 is 1.90. The van der Waals surface area contributed by atoms with E-state index in [2.05, 4.69) is 40.6 Å². The van der Waals surface area contributed by atoms with Gasteiger partial charge in [-0.15, -0.1) is 0 Å². The van der Waals surface area contributed by atoms with Gasteiger partial charge in [-0.25, -0.2) is 9.67 Å². The van der Waals surface area contributed by atoms with Crippen molar-refractivity contribution in [3.8, 4) is 0 Å². The summed E-state index contributed by atoms with van der Waals surface area (Å²) >= 11 is 0. The first-order chi connectivity index (χ1) is 12.1. The van der Waals surface area contributed by atoms with E-state index in [1.807, 2.05) is 35.3 Å². The zero-order valence-corrected chi connectivity index (χ0v) is 14.2. The van der Waals surface area contributed by atoms with Crippen LogP contribution in [0.15, 0.2) is 42.7 Å². The van der Waals surface area contributed by atoms with E-state index in [1.165, 1.54) is 0 Å². The number of rotatable bonds is 6. The summed E-state index contributed by atoms with van der Waals surface area (Å²) in [7, 11) is 0. The Hall–Kier alpha value is -2.93. The van der Waals surface area contributed by atoms with Crippen molar-refractivity contribution in [2.75, 3.05) is 17.2 Å². The van der Waals surface area contributed by atoms with Crippen LogP contribution in [0.25, 0.3) is 11.0 Å². The maximum atomic E-state index is 11.2. The Labute approximate surface area is 145 Å². The fourth-order valence-corrected chi connectivity index (χ4v) is 2.57. The highest BCUT2D eigenvalue weighted by molar-refractivity contribution is 5.91. The van der Waals surface area contributed by atoms with Crippen molar-refractivity contribution in [2.24, 2.45) is 0 Å². The molecule has 7 heteroatoms. The lowest BCUT2D eigenvalue weighted by molar-refractivity contribution is -0.118. The minimum Gasteiger partial charge on any atom is -0.387 e. The number of nitrogens with one attached hydrogen (secondary N) is 2. The summed E-state index contributed by atoms with van der Waals surface area (Å²) in [5.74, 6) is -0.436. The van der Waals surface area contributed by atoms with Crippen LogP contribution in [-0.2, 0) is 11.3 Å². The van der Waals surface area contributed by atoms with Crippen molar-refractivity contribution < 1.29 is 9.90 Å². The Balaban J connectivity index is 1.70. The fourth-order valence-electron chi connectivity index (χ4n) is 2.57. The van der Waals surface area contributed by atoms with Gasteiger partial charge in [0.25, 0.3) is 0 Å². The molecule has 0 aliphatic carbocycles. The number of fused-ring (bicyclic) bond motifs is 1. The van der Waals surface area contributed by atoms with Crippen LogP contribution in [0.4, 0.5) is 11.4 Å². The summed E-state index contributed by atoms with van der Waals surface area (Å²) in [6.07, 6.45) is 3.67. The van der Waals surface area contributed by atoms with Crippen LogP contribution in [0.2, 0.25) is 0 Å². The predicted octanol–water partition coefficient (Wildman–Crippen LogP) is 2.56. The minimum atomic E-state index is -0.534. The summed E-state index contributed by atoms with van der Waals surface area (Å²) in [5, 5.41) is 20.1. The van der Waals surface area contributed by atoms with E-state index in [9.17, 15) is 4.79 Å². The third-order valence-electron chi connectivity index (χ3n) is 3.77. The topological polar surface area (TPSA) is 92.1 Å². The van der Waals surface area contributed by atoms with Gasteiger partial charge in [0.1, 0.15) is 6.61 Å². The molecular formula is C18H21N5O2. The van der Waals surface area contributed by atoms with Crippen LogP contribution in [-0.4, -0.2) is 32.4 Å². The fraction of sp³-hybridized carbons (Fsp3) is 0.278. The largest absolute Gasteiger partial charge is 0.387 e. The highest BCUT2D eigenvalue weighted by Gasteiger charge is 2.08. The van der Waals surface area contributed by atoms with Gasteiger partial charge in [0.15, 0.2) is 5.65 Å². The summed E-state index contributed by atoms with van der Waals surface area (Å²) in [5.41, 5.74) is 3.43. The van der Waals surface area contributed by atoms with E-state index in [1.54, 1.807) is 6.07 Å². The van der Waals surface area contributed by atoms with E-state index in [-0.39, 0.29) is 6.04 Å². The molecule has 2 aromatic heterocycles. The number of carbonyl (C=O) groups excluding carboxylic acids is 1. The number of amides is 1. The number of hydrogen-bond acceptors (Lipinski definition) is 5. The van der Waals surface area contributed by atoms with Crippen molar-refractivity contribution in [1.82, 2.24) is 14.8 Å². The molecule has 3 aromatic rings. The van der Waals surface area contributed by atoms with Gasteiger partial charge in [-0.05, 0) is 43.7 Å². The number of nitrogens with zero attached hydrogens (tertiary/aromatic N) is 3. The van der Waals surface area contributed by atoms with E-state index < -0.39 is 12.5 Å². The molecule has 0 atom stereocenters. The number of hydrogen-bond donors (Lipinski definition) is 3. The summed E-state index contributed by atoms with van der Waals surface area (Å²) in [4.78, 5) is 15.8. The summed E-state index contributed by atoms with van der Waals surface area (Å²) in [6, 6.07) is 9.67. The molecule has 3 rings (SSSR count). The lowest BCUT2D eigenvalue weighted by Gasteiger charge is -2.10. The van der Waals surface area contributed by atoms with E-state index >= 15 is 0 Å². The highest BCUT2D eigenvalue weighted by atomic mass is 16.3. The zero-order chi connectivity index (χ0) is 17.8. The molecule has 25 heavy (non-hydrogen) atoms. The molecule has 1 amide bonds. The first kappa shape index (κ1) is 16.9. The zero-order valence-electron chi connectivity index (χ0n) is 14.2. The number of aliphatic hydroxyl groups excluding tert-OH is 1. The van der Waals surface area contributed by atoms with Gasteiger partial charge in [0, 0.05) is 35.5 Å². The minimum absolute atomic E-state index is 0.269. The number of anilines is 2. The molecule has 0 unspecified atom stereocenters. The molecular weight excluding hydrogens is 318 g/mol. The Bertz CT molecular complexity index is 888. The SMILES string of the molecule is CC(C)n1ncc2cc(CNc3cccc(NC(=O)CO)c3)cnc21. The van der Waals surface area contributed by atoms with Gasteiger partial charge in [0.2, 0.25) is 5.91 Å². The Morgan fingerprint density at radius 1 is 1.24 bits per heavy atom. The Morgan fingerprint density at radius 3 is 2.80 bits per heavy atom. The molecule has 0 bridgehead atoms. The molecule has 0 aliphatic rings. The third kappa shape index (κ3) is 3.95. The second kappa shape index (κ2) is 7.31. The molecule has 0 aliphatic heterocycles. The molecule has 0 spiro atoms.